The molecule has 0 bridgehead atoms. The van der Waals surface area contributed by atoms with Crippen molar-refractivity contribution < 1.29 is 18.3 Å². The van der Waals surface area contributed by atoms with Crippen LogP contribution in [0.3, 0.4) is 0 Å². The van der Waals surface area contributed by atoms with Gasteiger partial charge < -0.3 is 5.11 Å². The van der Waals surface area contributed by atoms with E-state index in [2.05, 4.69) is 10.1 Å². The highest BCUT2D eigenvalue weighted by molar-refractivity contribution is 7.14. The molecule has 1 aromatic heterocycles. The third-order valence-electron chi connectivity index (χ3n) is 4.12. The lowest BCUT2D eigenvalue weighted by molar-refractivity contribution is -0.254. The summed E-state index contributed by atoms with van der Waals surface area (Å²) in [5, 5.41) is 17.3. The molecule has 4 nitrogen and oxygen atoms in total. The van der Waals surface area contributed by atoms with E-state index in [1.54, 1.807) is 50.4 Å². The van der Waals surface area contributed by atoms with Crippen LogP contribution in [0.4, 0.5) is 18.3 Å². The zero-order valence-electron chi connectivity index (χ0n) is 14.3. The summed E-state index contributed by atoms with van der Waals surface area (Å²) in [5.41, 5.74) is -2.24. The fourth-order valence-corrected chi connectivity index (χ4v) is 3.47. The lowest BCUT2D eigenvalue weighted by Crippen LogP contribution is -2.55. The van der Waals surface area contributed by atoms with Gasteiger partial charge in [-0.05, 0) is 12.1 Å². The van der Waals surface area contributed by atoms with Crippen LogP contribution in [0, 0.1) is 5.41 Å². The number of alkyl halides is 3. The van der Waals surface area contributed by atoms with E-state index in [1.165, 1.54) is 0 Å². The highest BCUT2D eigenvalue weighted by atomic mass is 35.5. The highest BCUT2D eigenvalue weighted by Crippen LogP contribution is 2.46. The molecule has 3 rings (SSSR count). The molecule has 0 aliphatic carbocycles. The second-order valence-electron chi connectivity index (χ2n) is 7.12. The number of thiazole rings is 1. The van der Waals surface area contributed by atoms with Crippen molar-refractivity contribution in [1.29, 1.82) is 0 Å². The molecular formula is C17H17ClF3N3OS. The largest absolute Gasteiger partial charge is 0.438 e. The molecule has 1 N–H and O–H groups in total. The summed E-state index contributed by atoms with van der Waals surface area (Å²) in [6.45, 7) is 5.27. The Kier molecular flexibility index (Phi) is 4.57. The number of anilines is 1. The number of benzene rings is 1. The van der Waals surface area contributed by atoms with Crippen molar-refractivity contribution in [3.8, 4) is 11.3 Å². The summed E-state index contributed by atoms with van der Waals surface area (Å²) in [6.07, 6.45) is -5.49. The first-order chi connectivity index (χ1) is 11.9. The minimum atomic E-state index is -4.88. The van der Waals surface area contributed by atoms with E-state index in [-0.39, 0.29) is 10.8 Å². The Morgan fingerprint density at radius 2 is 1.81 bits per heavy atom. The molecular weight excluding hydrogens is 387 g/mol. The molecule has 1 aromatic carbocycles. The van der Waals surface area contributed by atoms with E-state index in [0.717, 1.165) is 11.3 Å². The average Bonchev–Trinajstić information content (AvgIpc) is 3.12. The molecule has 1 aliphatic heterocycles. The lowest BCUT2D eigenvalue weighted by atomic mass is 9.86. The number of rotatable bonds is 2. The first-order valence-corrected chi connectivity index (χ1v) is 9.06. The zero-order valence-corrected chi connectivity index (χ0v) is 15.9. The SMILES string of the molecule is CC(C)(C)C1=NN(c2nc(-c3ccc(Cl)cc3)cs2)[C@@](O)(C(F)(F)F)C1. The number of aliphatic hydroxyl groups is 1. The van der Waals surface area contributed by atoms with Gasteiger partial charge in [-0.3, -0.25) is 0 Å². The van der Waals surface area contributed by atoms with Crippen LogP contribution in [-0.4, -0.2) is 27.7 Å². The fourth-order valence-electron chi connectivity index (χ4n) is 2.50. The fraction of sp³-hybridized carbons (Fsp3) is 0.412. The van der Waals surface area contributed by atoms with Gasteiger partial charge in [-0.25, -0.2) is 4.98 Å². The predicted molar refractivity (Wildman–Crippen MR) is 97.6 cm³/mol. The first-order valence-electron chi connectivity index (χ1n) is 7.80. The number of nitrogens with zero attached hydrogens (tertiary/aromatic N) is 3. The average molecular weight is 404 g/mol. The van der Waals surface area contributed by atoms with Crippen LogP contribution in [-0.2, 0) is 0 Å². The first kappa shape index (κ1) is 19.1. The Morgan fingerprint density at radius 3 is 2.35 bits per heavy atom. The molecule has 0 amide bonds. The molecule has 26 heavy (non-hydrogen) atoms. The Morgan fingerprint density at radius 1 is 1.19 bits per heavy atom. The number of hydrazone groups is 1. The molecule has 9 heteroatoms. The normalized spacial score (nSPS) is 21.2. The van der Waals surface area contributed by atoms with Gasteiger partial charge >= 0.3 is 6.18 Å². The van der Waals surface area contributed by atoms with Crippen molar-refractivity contribution in [2.45, 2.75) is 39.1 Å². The molecule has 140 valence electrons. The minimum absolute atomic E-state index is 0.0194. The van der Waals surface area contributed by atoms with Crippen LogP contribution in [0.1, 0.15) is 27.2 Å². The summed E-state index contributed by atoms with van der Waals surface area (Å²) < 4.78 is 40.8. The van der Waals surface area contributed by atoms with Gasteiger partial charge in [0.15, 0.2) is 0 Å². The number of hydrogen-bond acceptors (Lipinski definition) is 5. The van der Waals surface area contributed by atoms with Gasteiger partial charge in [-0.15, -0.1) is 11.3 Å². The van der Waals surface area contributed by atoms with Crippen molar-refractivity contribution in [2.75, 3.05) is 5.01 Å². The molecule has 0 saturated carbocycles. The number of hydrogen-bond donors (Lipinski definition) is 1. The lowest BCUT2D eigenvalue weighted by Gasteiger charge is -2.32. The van der Waals surface area contributed by atoms with Crippen molar-refractivity contribution in [3.05, 3.63) is 34.7 Å². The molecule has 0 fully saturated rings. The Bertz CT molecular complexity index is 842. The summed E-state index contributed by atoms with van der Waals surface area (Å²) in [6, 6.07) is 6.80. The van der Waals surface area contributed by atoms with Gasteiger partial charge in [0.25, 0.3) is 5.72 Å². The maximum absolute atomic E-state index is 13.6. The van der Waals surface area contributed by atoms with Crippen LogP contribution in [0.15, 0.2) is 34.7 Å². The van der Waals surface area contributed by atoms with Gasteiger partial charge in [-0.2, -0.15) is 23.3 Å². The van der Waals surface area contributed by atoms with Crippen LogP contribution in [0.5, 0.6) is 0 Å². The quantitative estimate of drug-likeness (QED) is 0.737. The number of aromatic nitrogens is 1. The van der Waals surface area contributed by atoms with E-state index in [0.29, 0.717) is 21.3 Å². The molecule has 2 heterocycles. The molecule has 0 saturated heterocycles. The number of halogens is 4. The van der Waals surface area contributed by atoms with E-state index < -0.39 is 23.7 Å². The standard InChI is InChI=1S/C17H17ClF3N3OS/c1-15(2,3)13-8-16(25,17(19,20)21)24(23-13)14-22-12(9-26-14)10-4-6-11(18)7-5-10/h4-7,9,25H,8H2,1-3H3/t16-/m0/s1. The topological polar surface area (TPSA) is 48.7 Å². The van der Waals surface area contributed by atoms with E-state index in [4.69, 9.17) is 11.6 Å². The molecule has 0 spiro atoms. The summed E-state index contributed by atoms with van der Waals surface area (Å²) in [5.74, 6) is 0. The van der Waals surface area contributed by atoms with Crippen molar-refractivity contribution in [1.82, 2.24) is 4.98 Å². The molecule has 2 aromatic rings. The van der Waals surface area contributed by atoms with Crippen molar-refractivity contribution >= 4 is 33.8 Å². The third kappa shape index (κ3) is 3.33. The monoisotopic (exact) mass is 403 g/mol. The summed E-state index contributed by atoms with van der Waals surface area (Å²) in [7, 11) is 0. The summed E-state index contributed by atoms with van der Waals surface area (Å²) >= 11 is 6.84. The molecule has 0 unspecified atom stereocenters. The smallest absolute Gasteiger partial charge is 0.362 e. The zero-order chi connectivity index (χ0) is 19.3. The molecule has 1 atom stereocenters. The van der Waals surface area contributed by atoms with Gasteiger partial charge in [-0.1, -0.05) is 44.5 Å². The van der Waals surface area contributed by atoms with Crippen LogP contribution in [0.25, 0.3) is 11.3 Å². The predicted octanol–water partition coefficient (Wildman–Crippen LogP) is 5.33. The maximum Gasteiger partial charge on any atom is 0.438 e. The van der Waals surface area contributed by atoms with E-state index in [9.17, 15) is 18.3 Å². The van der Waals surface area contributed by atoms with Crippen LogP contribution < -0.4 is 5.01 Å². The van der Waals surface area contributed by atoms with Gasteiger partial charge in [0.05, 0.1) is 5.69 Å². The Hall–Kier alpha value is -1.64. The van der Waals surface area contributed by atoms with Gasteiger partial charge in [0.2, 0.25) is 5.13 Å². The molecule has 1 aliphatic rings. The maximum atomic E-state index is 13.6. The Labute approximate surface area is 157 Å². The van der Waals surface area contributed by atoms with Crippen molar-refractivity contribution in [2.24, 2.45) is 10.5 Å². The second kappa shape index (κ2) is 6.21. The van der Waals surface area contributed by atoms with E-state index in [1.807, 2.05) is 0 Å². The third-order valence-corrected chi connectivity index (χ3v) is 5.19. The molecule has 0 radical (unpaired) electrons. The summed E-state index contributed by atoms with van der Waals surface area (Å²) in [4.78, 5) is 4.25. The second-order valence-corrected chi connectivity index (χ2v) is 8.39. The Balaban J connectivity index is 2.02. The highest BCUT2D eigenvalue weighted by Gasteiger charge is 2.63. The van der Waals surface area contributed by atoms with Crippen LogP contribution in [0.2, 0.25) is 5.02 Å². The van der Waals surface area contributed by atoms with Crippen LogP contribution >= 0.6 is 22.9 Å². The van der Waals surface area contributed by atoms with Gasteiger partial charge in [0.1, 0.15) is 0 Å². The van der Waals surface area contributed by atoms with Crippen molar-refractivity contribution in [3.63, 3.8) is 0 Å². The minimum Gasteiger partial charge on any atom is -0.362 e. The van der Waals surface area contributed by atoms with Gasteiger partial charge in [0, 0.05) is 33.5 Å². The van der Waals surface area contributed by atoms with E-state index >= 15 is 0 Å².